The molecule has 0 aromatic heterocycles. The number of carbonyl (C=O) groups is 1. The zero-order valence-electron chi connectivity index (χ0n) is 16.3. The molecule has 1 fully saturated rings. The second-order valence-electron chi connectivity index (χ2n) is 7.28. The SMILES string of the molecule is CCC(C)N1C[C@@H](N(Cc2cccc(F)c2F)c2ccc(C#N)c(Cl)c2)CC1=O. The largest absolute Gasteiger partial charge is 0.362 e. The van der Waals surface area contributed by atoms with Crippen LogP contribution in [0, 0.1) is 23.0 Å². The molecule has 0 radical (unpaired) electrons. The zero-order valence-corrected chi connectivity index (χ0v) is 17.1. The van der Waals surface area contributed by atoms with Crippen LogP contribution in [0.3, 0.4) is 0 Å². The first-order chi connectivity index (χ1) is 13.8. The second-order valence-corrected chi connectivity index (χ2v) is 7.69. The van der Waals surface area contributed by atoms with Crippen molar-refractivity contribution in [3.8, 4) is 6.07 Å². The highest BCUT2D eigenvalue weighted by molar-refractivity contribution is 6.32. The summed E-state index contributed by atoms with van der Waals surface area (Å²) < 4.78 is 28.1. The van der Waals surface area contributed by atoms with Gasteiger partial charge in [0.15, 0.2) is 11.6 Å². The van der Waals surface area contributed by atoms with Crippen molar-refractivity contribution in [1.82, 2.24) is 4.90 Å². The minimum Gasteiger partial charge on any atom is -0.362 e. The van der Waals surface area contributed by atoms with Gasteiger partial charge in [-0.05, 0) is 37.6 Å². The topological polar surface area (TPSA) is 47.3 Å². The van der Waals surface area contributed by atoms with Crippen molar-refractivity contribution in [3.05, 3.63) is 64.2 Å². The molecule has 1 heterocycles. The van der Waals surface area contributed by atoms with Crippen LogP contribution >= 0.6 is 11.6 Å². The molecule has 0 bridgehead atoms. The van der Waals surface area contributed by atoms with E-state index in [1.807, 2.05) is 29.7 Å². The van der Waals surface area contributed by atoms with Gasteiger partial charge in [-0.3, -0.25) is 4.79 Å². The Balaban J connectivity index is 1.98. The summed E-state index contributed by atoms with van der Waals surface area (Å²) in [5.74, 6) is -1.78. The summed E-state index contributed by atoms with van der Waals surface area (Å²) in [5, 5.41) is 9.40. The van der Waals surface area contributed by atoms with E-state index in [4.69, 9.17) is 16.9 Å². The van der Waals surface area contributed by atoms with Crippen LogP contribution in [0.4, 0.5) is 14.5 Å². The van der Waals surface area contributed by atoms with E-state index in [0.29, 0.717) is 17.8 Å². The summed E-state index contributed by atoms with van der Waals surface area (Å²) in [6, 6.07) is 10.9. The molecule has 2 aromatic carbocycles. The Hall–Kier alpha value is -2.65. The highest BCUT2D eigenvalue weighted by Gasteiger charge is 2.36. The maximum absolute atomic E-state index is 14.4. The standard InChI is InChI=1S/C22H22ClF2N3O/c1-3-14(2)27-13-18(10-21(27)29)28(12-16-5-4-6-20(24)22(16)25)17-8-7-15(11-26)19(23)9-17/h4-9,14,18H,3,10,12-13H2,1-2H3/t14?,18-/m0/s1. The Bertz CT molecular complexity index is 960. The number of halogens is 3. The normalized spacial score (nSPS) is 17.3. The van der Waals surface area contributed by atoms with Gasteiger partial charge < -0.3 is 9.80 Å². The fourth-order valence-corrected chi connectivity index (χ4v) is 3.84. The summed E-state index contributed by atoms with van der Waals surface area (Å²) in [5.41, 5.74) is 1.18. The second kappa shape index (κ2) is 8.79. The minimum atomic E-state index is -0.913. The third-order valence-corrected chi connectivity index (χ3v) is 5.79. The highest BCUT2D eigenvalue weighted by atomic mass is 35.5. The average molecular weight is 418 g/mol. The molecule has 0 aliphatic carbocycles. The minimum absolute atomic E-state index is 0.0359. The molecular weight excluding hydrogens is 396 g/mol. The number of amides is 1. The van der Waals surface area contributed by atoms with Crippen molar-refractivity contribution >= 4 is 23.2 Å². The van der Waals surface area contributed by atoms with Crippen molar-refractivity contribution in [2.75, 3.05) is 11.4 Å². The smallest absolute Gasteiger partial charge is 0.225 e. The van der Waals surface area contributed by atoms with Crippen molar-refractivity contribution in [2.24, 2.45) is 0 Å². The molecule has 1 unspecified atom stereocenters. The number of likely N-dealkylation sites (tertiary alicyclic amines) is 1. The van der Waals surface area contributed by atoms with E-state index in [2.05, 4.69) is 0 Å². The molecule has 152 valence electrons. The number of carbonyl (C=O) groups excluding carboxylic acids is 1. The molecule has 0 N–H and O–H groups in total. The van der Waals surface area contributed by atoms with Gasteiger partial charge in [0, 0.05) is 36.8 Å². The van der Waals surface area contributed by atoms with Gasteiger partial charge in [-0.1, -0.05) is 30.7 Å². The molecule has 1 aliphatic heterocycles. The molecule has 1 aliphatic rings. The van der Waals surface area contributed by atoms with Crippen LogP contribution in [0.5, 0.6) is 0 Å². The van der Waals surface area contributed by atoms with Gasteiger partial charge in [-0.2, -0.15) is 5.26 Å². The van der Waals surface area contributed by atoms with Crippen LogP contribution < -0.4 is 4.90 Å². The Morgan fingerprint density at radius 3 is 2.76 bits per heavy atom. The average Bonchev–Trinajstić information content (AvgIpc) is 3.09. The van der Waals surface area contributed by atoms with Gasteiger partial charge in [0.05, 0.1) is 16.6 Å². The van der Waals surface area contributed by atoms with E-state index in [9.17, 15) is 13.6 Å². The molecule has 3 rings (SSSR count). The van der Waals surface area contributed by atoms with Crippen molar-refractivity contribution in [1.29, 1.82) is 5.26 Å². The fraction of sp³-hybridized carbons (Fsp3) is 0.364. The lowest BCUT2D eigenvalue weighted by molar-refractivity contribution is -0.129. The zero-order chi connectivity index (χ0) is 21.1. The van der Waals surface area contributed by atoms with Crippen molar-refractivity contribution < 1.29 is 13.6 Å². The molecule has 1 amide bonds. The lowest BCUT2D eigenvalue weighted by Crippen LogP contribution is -2.40. The summed E-state index contributed by atoms with van der Waals surface area (Å²) in [7, 11) is 0. The Kier molecular flexibility index (Phi) is 6.39. The van der Waals surface area contributed by atoms with E-state index in [0.717, 1.165) is 12.5 Å². The van der Waals surface area contributed by atoms with Gasteiger partial charge in [0.1, 0.15) is 6.07 Å². The van der Waals surface area contributed by atoms with E-state index in [1.54, 1.807) is 18.2 Å². The highest BCUT2D eigenvalue weighted by Crippen LogP contribution is 2.31. The number of hydrogen-bond donors (Lipinski definition) is 0. The van der Waals surface area contributed by atoms with E-state index in [1.165, 1.54) is 12.1 Å². The first-order valence-corrected chi connectivity index (χ1v) is 9.92. The van der Waals surface area contributed by atoms with Crippen LogP contribution in [-0.2, 0) is 11.3 Å². The number of nitriles is 1. The molecular formula is C22H22ClF2N3O. The maximum Gasteiger partial charge on any atom is 0.225 e. The summed E-state index contributed by atoms with van der Waals surface area (Å²) in [6.45, 7) is 4.58. The molecule has 29 heavy (non-hydrogen) atoms. The lowest BCUT2D eigenvalue weighted by atomic mass is 10.1. The maximum atomic E-state index is 14.4. The lowest BCUT2D eigenvalue weighted by Gasteiger charge is -2.32. The number of anilines is 1. The predicted octanol–water partition coefficient (Wildman–Crippen LogP) is 4.90. The molecule has 2 atom stereocenters. The van der Waals surface area contributed by atoms with Gasteiger partial charge in [-0.15, -0.1) is 0 Å². The summed E-state index contributed by atoms with van der Waals surface area (Å²) in [6.07, 6.45) is 1.11. The van der Waals surface area contributed by atoms with E-state index < -0.39 is 11.6 Å². The summed E-state index contributed by atoms with van der Waals surface area (Å²) >= 11 is 6.21. The van der Waals surface area contributed by atoms with E-state index in [-0.39, 0.29) is 41.5 Å². The molecule has 1 saturated heterocycles. The third-order valence-electron chi connectivity index (χ3n) is 5.48. The Labute approximate surface area is 174 Å². The van der Waals surface area contributed by atoms with Gasteiger partial charge in [-0.25, -0.2) is 8.78 Å². The first-order valence-electron chi connectivity index (χ1n) is 9.54. The Morgan fingerprint density at radius 2 is 2.10 bits per heavy atom. The Morgan fingerprint density at radius 1 is 1.34 bits per heavy atom. The summed E-state index contributed by atoms with van der Waals surface area (Å²) in [4.78, 5) is 16.2. The fourth-order valence-electron chi connectivity index (χ4n) is 3.63. The number of rotatable bonds is 6. The van der Waals surface area contributed by atoms with Crippen LogP contribution in [-0.4, -0.2) is 29.4 Å². The van der Waals surface area contributed by atoms with Crippen LogP contribution in [0.25, 0.3) is 0 Å². The quantitative estimate of drug-likeness (QED) is 0.671. The van der Waals surface area contributed by atoms with E-state index >= 15 is 0 Å². The molecule has 2 aromatic rings. The van der Waals surface area contributed by atoms with Crippen molar-refractivity contribution in [2.45, 2.75) is 45.3 Å². The molecule has 0 spiro atoms. The van der Waals surface area contributed by atoms with Crippen LogP contribution in [0.2, 0.25) is 5.02 Å². The van der Waals surface area contributed by atoms with Crippen LogP contribution in [0.15, 0.2) is 36.4 Å². The van der Waals surface area contributed by atoms with Crippen LogP contribution in [0.1, 0.15) is 37.8 Å². The van der Waals surface area contributed by atoms with Gasteiger partial charge in [0.25, 0.3) is 0 Å². The monoisotopic (exact) mass is 417 g/mol. The number of benzene rings is 2. The van der Waals surface area contributed by atoms with Gasteiger partial charge >= 0.3 is 0 Å². The molecule has 4 nitrogen and oxygen atoms in total. The number of hydrogen-bond acceptors (Lipinski definition) is 3. The molecule has 7 heteroatoms. The van der Waals surface area contributed by atoms with Gasteiger partial charge in [0.2, 0.25) is 5.91 Å². The predicted molar refractivity (Wildman–Crippen MR) is 109 cm³/mol. The first kappa shape index (κ1) is 21.1. The molecule has 0 saturated carbocycles. The van der Waals surface area contributed by atoms with Crippen molar-refractivity contribution in [3.63, 3.8) is 0 Å². The third kappa shape index (κ3) is 4.35. The number of nitrogens with zero attached hydrogens (tertiary/aromatic N) is 3.